The lowest BCUT2D eigenvalue weighted by Gasteiger charge is -2.36. The van der Waals surface area contributed by atoms with Crippen LogP contribution in [0.2, 0.25) is 0 Å². The van der Waals surface area contributed by atoms with Crippen molar-refractivity contribution >= 4 is 23.0 Å². The fraction of sp³-hybridized carbons (Fsp3) is 0.600. The van der Waals surface area contributed by atoms with Crippen LogP contribution in [0.3, 0.4) is 0 Å². The van der Waals surface area contributed by atoms with Crippen molar-refractivity contribution in [3.63, 3.8) is 0 Å². The van der Waals surface area contributed by atoms with Gasteiger partial charge in [-0.15, -0.1) is 0 Å². The van der Waals surface area contributed by atoms with Crippen LogP contribution in [-0.4, -0.2) is 48.3 Å². The Morgan fingerprint density at radius 1 is 1.46 bits per heavy atom. The van der Waals surface area contributed by atoms with Crippen molar-refractivity contribution < 1.29 is 19.2 Å². The van der Waals surface area contributed by atoms with E-state index in [2.05, 4.69) is 18.8 Å². The molecule has 0 saturated carbocycles. The van der Waals surface area contributed by atoms with E-state index in [1.54, 1.807) is 20.0 Å². The lowest BCUT2D eigenvalue weighted by Crippen LogP contribution is -2.42. The second-order valence-electron chi connectivity index (χ2n) is 7.29. The van der Waals surface area contributed by atoms with E-state index >= 15 is 0 Å². The van der Waals surface area contributed by atoms with Crippen molar-refractivity contribution in [1.82, 2.24) is 4.98 Å². The number of esters is 1. The Bertz CT molecular complexity index is 727. The topological polar surface area (TPSA) is 94.8 Å². The summed E-state index contributed by atoms with van der Waals surface area (Å²) < 4.78 is 10.4. The van der Waals surface area contributed by atoms with E-state index in [1.165, 1.54) is 12.1 Å². The molecule has 1 aliphatic heterocycles. The number of anilines is 1. The number of hydrogen-bond donors (Lipinski definition) is 0. The van der Waals surface area contributed by atoms with Crippen LogP contribution in [0.5, 0.6) is 0 Å². The first-order chi connectivity index (χ1) is 13.3. The summed E-state index contributed by atoms with van der Waals surface area (Å²) in [5.41, 5.74) is 1.04. The summed E-state index contributed by atoms with van der Waals surface area (Å²) in [4.78, 5) is 29.6. The first-order valence-corrected chi connectivity index (χ1v) is 9.67. The van der Waals surface area contributed by atoms with Crippen molar-refractivity contribution in [2.45, 2.75) is 46.6 Å². The first-order valence-electron chi connectivity index (χ1n) is 9.67. The van der Waals surface area contributed by atoms with E-state index in [4.69, 9.17) is 9.47 Å². The summed E-state index contributed by atoms with van der Waals surface area (Å²) in [6, 6.07) is 1.64. The summed E-state index contributed by atoms with van der Waals surface area (Å²) >= 11 is 0. The Morgan fingerprint density at radius 2 is 2.14 bits per heavy atom. The SMILES string of the molecule is CCOC(=O)/C=C(\C)c1cnc(N(CC(C)C)C2CCOCC2)c([N+](=O)[O-])c1. The van der Waals surface area contributed by atoms with Crippen LogP contribution in [0.4, 0.5) is 11.5 Å². The number of ether oxygens (including phenoxy) is 2. The van der Waals surface area contributed by atoms with Gasteiger partial charge in [0.1, 0.15) is 0 Å². The third-order valence-corrected chi connectivity index (χ3v) is 4.59. The van der Waals surface area contributed by atoms with Gasteiger partial charge in [0.2, 0.25) is 5.82 Å². The van der Waals surface area contributed by atoms with Crippen molar-refractivity contribution in [1.29, 1.82) is 0 Å². The maximum absolute atomic E-state index is 11.8. The van der Waals surface area contributed by atoms with Gasteiger partial charge < -0.3 is 14.4 Å². The molecule has 8 heteroatoms. The lowest BCUT2D eigenvalue weighted by atomic mass is 10.0. The average molecular weight is 391 g/mol. The van der Waals surface area contributed by atoms with Crippen LogP contribution >= 0.6 is 0 Å². The average Bonchev–Trinajstić information content (AvgIpc) is 2.66. The minimum atomic E-state index is -0.477. The van der Waals surface area contributed by atoms with E-state index in [0.29, 0.717) is 42.6 Å². The summed E-state index contributed by atoms with van der Waals surface area (Å²) in [7, 11) is 0. The molecule has 0 unspecified atom stereocenters. The number of pyridine rings is 1. The smallest absolute Gasteiger partial charge is 0.331 e. The monoisotopic (exact) mass is 391 g/mol. The van der Waals surface area contributed by atoms with Crippen molar-refractivity contribution in [2.24, 2.45) is 5.92 Å². The molecule has 8 nitrogen and oxygen atoms in total. The molecule has 0 radical (unpaired) electrons. The first kappa shape index (κ1) is 21.8. The van der Waals surface area contributed by atoms with Gasteiger partial charge in [0, 0.05) is 49.7 Å². The van der Waals surface area contributed by atoms with Gasteiger partial charge in [-0.25, -0.2) is 9.78 Å². The minimum absolute atomic E-state index is 0.0544. The fourth-order valence-corrected chi connectivity index (χ4v) is 3.26. The van der Waals surface area contributed by atoms with E-state index < -0.39 is 10.9 Å². The minimum Gasteiger partial charge on any atom is -0.463 e. The molecule has 1 saturated heterocycles. The molecule has 1 fully saturated rings. The van der Waals surface area contributed by atoms with E-state index in [1.807, 2.05) is 4.90 Å². The highest BCUT2D eigenvalue weighted by Gasteiger charge is 2.29. The summed E-state index contributed by atoms with van der Waals surface area (Å²) in [5, 5.41) is 11.8. The molecule has 1 aromatic heterocycles. The van der Waals surface area contributed by atoms with Crippen LogP contribution in [-0.2, 0) is 14.3 Å². The zero-order valence-electron chi connectivity index (χ0n) is 17.0. The third kappa shape index (κ3) is 5.76. The number of allylic oxidation sites excluding steroid dienone is 1. The highest BCUT2D eigenvalue weighted by Crippen LogP contribution is 2.32. The number of hydrogen-bond acceptors (Lipinski definition) is 7. The summed E-state index contributed by atoms with van der Waals surface area (Å²) in [5.74, 6) is 0.225. The zero-order valence-corrected chi connectivity index (χ0v) is 17.0. The Balaban J connectivity index is 2.41. The van der Waals surface area contributed by atoms with E-state index in [9.17, 15) is 14.9 Å². The molecular weight excluding hydrogens is 362 g/mol. The largest absolute Gasteiger partial charge is 0.463 e. The van der Waals surface area contributed by atoms with E-state index in [-0.39, 0.29) is 18.3 Å². The van der Waals surface area contributed by atoms with Gasteiger partial charge in [-0.3, -0.25) is 10.1 Å². The summed E-state index contributed by atoms with van der Waals surface area (Å²) in [6.07, 6.45) is 4.54. The number of carbonyl (C=O) groups excluding carboxylic acids is 1. The standard InChI is InChI=1S/C20H29N3O5/c1-5-28-19(24)10-15(4)16-11-18(23(25)26)20(21-12-16)22(13-14(2)3)17-6-8-27-9-7-17/h10-12,14,17H,5-9,13H2,1-4H3/b15-10+. The normalized spacial score (nSPS) is 15.5. The molecule has 1 aliphatic rings. The van der Waals surface area contributed by atoms with Crippen LogP contribution in [0.1, 0.15) is 46.1 Å². The molecule has 154 valence electrons. The summed E-state index contributed by atoms with van der Waals surface area (Å²) in [6.45, 7) is 9.84. The van der Waals surface area contributed by atoms with Gasteiger partial charge >= 0.3 is 11.7 Å². The molecule has 0 aliphatic carbocycles. The number of carbonyl (C=O) groups is 1. The van der Waals surface area contributed by atoms with Gasteiger partial charge in [0.05, 0.1) is 11.5 Å². The fourth-order valence-electron chi connectivity index (χ4n) is 3.26. The molecule has 2 heterocycles. The maximum Gasteiger partial charge on any atom is 0.331 e. The Labute approximate surface area is 165 Å². The van der Waals surface area contributed by atoms with Crippen molar-refractivity contribution in [3.05, 3.63) is 34.0 Å². The highest BCUT2D eigenvalue weighted by atomic mass is 16.6. The molecule has 0 amide bonds. The number of nitrogens with zero attached hydrogens (tertiary/aromatic N) is 3. The Kier molecular flexibility index (Phi) is 7.92. The molecule has 0 aromatic carbocycles. The number of rotatable bonds is 8. The van der Waals surface area contributed by atoms with Gasteiger partial charge in [-0.1, -0.05) is 13.8 Å². The van der Waals surface area contributed by atoms with Gasteiger partial charge in [-0.05, 0) is 38.2 Å². The quantitative estimate of drug-likeness (QED) is 0.289. The van der Waals surface area contributed by atoms with Crippen molar-refractivity contribution in [3.8, 4) is 0 Å². The van der Waals surface area contributed by atoms with Gasteiger partial charge in [-0.2, -0.15) is 0 Å². The van der Waals surface area contributed by atoms with Crippen LogP contribution < -0.4 is 4.90 Å². The van der Waals surface area contributed by atoms with Crippen molar-refractivity contribution in [2.75, 3.05) is 31.3 Å². The number of nitro groups is 1. The predicted molar refractivity (Wildman–Crippen MR) is 107 cm³/mol. The lowest BCUT2D eigenvalue weighted by molar-refractivity contribution is -0.384. The molecule has 0 atom stereocenters. The van der Waals surface area contributed by atoms with E-state index in [0.717, 1.165) is 12.8 Å². The molecule has 2 rings (SSSR count). The molecule has 0 spiro atoms. The Morgan fingerprint density at radius 3 is 2.71 bits per heavy atom. The van der Waals surface area contributed by atoms with Crippen LogP contribution in [0.15, 0.2) is 18.3 Å². The van der Waals surface area contributed by atoms with Crippen LogP contribution in [0.25, 0.3) is 5.57 Å². The maximum atomic E-state index is 11.8. The highest BCUT2D eigenvalue weighted by molar-refractivity contribution is 5.91. The molecule has 28 heavy (non-hydrogen) atoms. The van der Waals surface area contributed by atoms with Gasteiger partial charge in [0.15, 0.2) is 0 Å². The van der Waals surface area contributed by atoms with Gasteiger partial charge in [0.25, 0.3) is 0 Å². The predicted octanol–water partition coefficient (Wildman–Crippen LogP) is 3.60. The third-order valence-electron chi connectivity index (χ3n) is 4.59. The molecule has 1 aromatic rings. The zero-order chi connectivity index (χ0) is 20.7. The molecule has 0 N–H and O–H groups in total. The second-order valence-corrected chi connectivity index (χ2v) is 7.29. The Hall–Kier alpha value is -2.48. The molecular formula is C20H29N3O5. The number of aromatic nitrogens is 1. The second kappa shape index (κ2) is 10.2. The molecule has 0 bridgehead atoms. The van der Waals surface area contributed by atoms with Crippen LogP contribution in [0, 0.1) is 16.0 Å².